The number of carbonyl (C=O) groups excluding carboxylic acids is 4. The number of aromatic nitrogens is 2. The molecule has 3 aromatic rings. The number of aromatic hydroxyl groups is 2. The Balaban J connectivity index is 1.36. The minimum atomic E-state index is -1.49. The number of nitrogens with zero attached hydrogens (tertiary/aromatic N) is 2. The molecule has 0 saturated carbocycles. The Morgan fingerprint density at radius 1 is 1.00 bits per heavy atom. The standard InChI is InChI=1S/C40H50N8O12S/c1-20-27-9-8-25(50)16-23(27)17-29(42-20)36(55)47(3)21(2)33(35(54)41-19-26-18-31(51)37(60-26)48-12-10-32(52)45-40(48)59)46-34(53)28(11-13-61-4)43-39(58)44-30(38(56)57)15-22-6-5-7-24(49)14-22/h5-10,12,14,16,19-21,28-31,33,37,42,49-51H,11,13,15,17-18H2,1-4H3,(H,41,54)(H,46,53)(H,56,57)(H2,43,44,58)(H,45,52,59)/b26-19+. The number of nitrogens with one attached hydrogen (secondary N) is 6. The number of ether oxygens (including phenoxy) is 1. The van der Waals surface area contributed by atoms with Crippen molar-refractivity contribution in [3.8, 4) is 11.5 Å². The van der Waals surface area contributed by atoms with E-state index in [1.54, 1.807) is 30.5 Å². The Kier molecular flexibility index (Phi) is 15.2. The topological polar surface area (TPSA) is 294 Å². The molecule has 1 aromatic heterocycles. The summed E-state index contributed by atoms with van der Waals surface area (Å²) in [4.78, 5) is 94.8. The second-order valence-corrected chi connectivity index (χ2v) is 15.8. The Bertz CT molecular complexity index is 2270. The first-order chi connectivity index (χ1) is 28.9. The third kappa shape index (κ3) is 11.7. The van der Waals surface area contributed by atoms with Gasteiger partial charge < -0.3 is 51.3 Å². The Morgan fingerprint density at radius 2 is 1.72 bits per heavy atom. The van der Waals surface area contributed by atoms with E-state index >= 15 is 0 Å². The molecule has 2 aliphatic rings. The number of phenols is 2. The summed E-state index contributed by atoms with van der Waals surface area (Å²) in [5.74, 6) is -3.10. The van der Waals surface area contributed by atoms with Crippen LogP contribution in [0.3, 0.4) is 0 Å². The van der Waals surface area contributed by atoms with Crippen molar-refractivity contribution in [1.29, 1.82) is 0 Å². The van der Waals surface area contributed by atoms with E-state index in [1.165, 1.54) is 48.8 Å². The van der Waals surface area contributed by atoms with E-state index in [4.69, 9.17) is 4.74 Å². The zero-order chi connectivity index (χ0) is 44.5. The van der Waals surface area contributed by atoms with Crippen LogP contribution in [-0.4, -0.2) is 120 Å². The number of aliphatic carboxylic acids is 1. The first-order valence-electron chi connectivity index (χ1n) is 19.3. The number of amides is 5. The monoisotopic (exact) mass is 866 g/mol. The number of likely N-dealkylation sites (N-methyl/N-ethyl adjacent to an activating group) is 1. The van der Waals surface area contributed by atoms with Crippen molar-refractivity contribution < 1.29 is 49.1 Å². The summed E-state index contributed by atoms with van der Waals surface area (Å²) in [6, 6.07) is 4.56. The molecule has 61 heavy (non-hydrogen) atoms. The van der Waals surface area contributed by atoms with Crippen molar-refractivity contribution >= 4 is 41.5 Å². The lowest BCUT2D eigenvalue weighted by molar-refractivity contribution is -0.139. The van der Waals surface area contributed by atoms with Crippen LogP contribution in [0.25, 0.3) is 0 Å². The number of fused-ring (bicyclic) bond motifs is 1. The van der Waals surface area contributed by atoms with Crippen LogP contribution < -0.4 is 37.8 Å². The molecule has 0 radical (unpaired) electrons. The van der Waals surface area contributed by atoms with Crippen LogP contribution >= 0.6 is 11.8 Å². The van der Waals surface area contributed by atoms with E-state index < -0.39 is 83.5 Å². The number of H-pyrrole nitrogens is 1. The van der Waals surface area contributed by atoms with E-state index in [9.17, 15) is 54.0 Å². The lowest BCUT2D eigenvalue weighted by atomic mass is 9.90. The van der Waals surface area contributed by atoms with Crippen LogP contribution in [0.1, 0.15) is 55.6 Å². The molecule has 0 spiro atoms. The van der Waals surface area contributed by atoms with E-state index in [0.717, 1.165) is 34.2 Å². The summed E-state index contributed by atoms with van der Waals surface area (Å²) in [7, 11) is 1.46. The summed E-state index contributed by atoms with van der Waals surface area (Å²) in [5, 5.41) is 53.8. The van der Waals surface area contributed by atoms with Crippen molar-refractivity contribution in [3.05, 3.63) is 104 Å². The fourth-order valence-electron chi connectivity index (χ4n) is 7.12. The summed E-state index contributed by atoms with van der Waals surface area (Å²) < 4.78 is 6.71. The smallest absolute Gasteiger partial charge is 0.331 e. The summed E-state index contributed by atoms with van der Waals surface area (Å²) in [6.07, 6.45) is 1.52. The van der Waals surface area contributed by atoms with Crippen LogP contribution in [0, 0.1) is 0 Å². The van der Waals surface area contributed by atoms with Crippen LogP contribution in [0.5, 0.6) is 11.5 Å². The number of hydrogen-bond acceptors (Lipinski definition) is 13. The van der Waals surface area contributed by atoms with Gasteiger partial charge in [0.15, 0.2) is 0 Å². The molecule has 8 unspecified atom stereocenters. The molecule has 2 aliphatic heterocycles. The van der Waals surface area contributed by atoms with Crippen LogP contribution in [0.15, 0.2) is 76.3 Å². The van der Waals surface area contributed by atoms with Gasteiger partial charge >= 0.3 is 17.7 Å². The van der Waals surface area contributed by atoms with Gasteiger partial charge in [0, 0.05) is 44.4 Å². The van der Waals surface area contributed by atoms with Crippen molar-refractivity contribution in [3.63, 3.8) is 0 Å². The molecule has 0 bridgehead atoms. The van der Waals surface area contributed by atoms with Gasteiger partial charge in [-0.3, -0.25) is 34.0 Å². The number of thioether (sulfide) groups is 1. The van der Waals surface area contributed by atoms with Crippen LogP contribution in [0.4, 0.5) is 4.79 Å². The molecule has 1 fully saturated rings. The third-order valence-corrected chi connectivity index (χ3v) is 11.1. The largest absolute Gasteiger partial charge is 0.508 e. The molecule has 2 aromatic carbocycles. The normalized spacial score (nSPS) is 20.8. The molecule has 8 atom stereocenters. The molecular formula is C40H50N8O12S. The van der Waals surface area contributed by atoms with Gasteiger partial charge in [0.2, 0.25) is 23.9 Å². The van der Waals surface area contributed by atoms with Gasteiger partial charge in [-0.25, -0.2) is 14.4 Å². The van der Waals surface area contributed by atoms with Gasteiger partial charge in [0.1, 0.15) is 41.5 Å². The van der Waals surface area contributed by atoms with Gasteiger partial charge in [-0.1, -0.05) is 18.2 Å². The van der Waals surface area contributed by atoms with E-state index in [0.29, 0.717) is 11.3 Å². The molecule has 0 aliphatic carbocycles. The summed E-state index contributed by atoms with van der Waals surface area (Å²) in [6.45, 7) is 3.40. The highest BCUT2D eigenvalue weighted by Gasteiger charge is 2.38. The van der Waals surface area contributed by atoms with Crippen molar-refractivity contribution in [2.24, 2.45) is 0 Å². The first-order valence-corrected chi connectivity index (χ1v) is 20.7. The maximum Gasteiger partial charge on any atom is 0.331 e. The number of phenolic OH excluding ortho intramolecular Hbond substituents is 2. The zero-order valence-electron chi connectivity index (χ0n) is 33.8. The zero-order valence-corrected chi connectivity index (χ0v) is 34.6. The number of rotatable bonds is 16. The lowest BCUT2D eigenvalue weighted by Gasteiger charge is -2.37. The average Bonchev–Trinajstić information content (AvgIpc) is 3.58. The fourth-order valence-corrected chi connectivity index (χ4v) is 7.60. The molecule has 10 N–H and O–H groups in total. The highest BCUT2D eigenvalue weighted by molar-refractivity contribution is 7.98. The van der Waals surface area contributed by atoms with Crippen molar-refractivity contribution in [1.82, 2.24) is 41.0 Å². The predicted molar refractivity (Wildman–Crippen MR) is 221 cm³/mol. The molecule has 21 heteroatoms. The van der Waals surface area contributed by atoms with Gasteiger partial charge in [0.05, 0.1) is 12.1 Å². The minimum Gasteiger partial charge on any atom is -0.508 e. The van der Waals surface area contributed by atoms with Crippen LogP contribution in [0.2, 0.25) is 0 Å². The number of carboxylic acid groups (broad SMARTS) is 1. The second-order valence-electron chi connectivity index (χ2n) is 14.8. The van der Waals surface area contributed by atoms with Gasteiger partial charge in [-0.05, 0) is 79.7 Å². The van der Waals surface area contributed by atoms with Crippen molar-refractivity contribution in [2.75, 3.05) is 19.1 Å². The Labute approximate surface area is 353 Å². The van der Waals surface area contributed by atoms with Crippen molar-refractivity contribution in [2.45, 2.75) is 88.1 Å². The Hall–Kier alpha value is -6.32. The molecule has 1 saturated heterocycles. The molecule has 20 nitrogen and oxygen atoms in total. The van der Waals surface area contributed by atoms with Crippen LogP contribution in [-0.2, 0) is 36.8 Å². The fraction of sp³-hybridized carbons (Fsp3) is 0.425. The Morgan fingerprint density at radius 3 is 2.41 bits per heavy atom. The highest BCUT2D eigenvalue weighted by Crippen LogP contribution is 2.31. The third-order valence-electron chi connectivity index (χ3n) is 10.5. The SMILES string of the molecule is CSCCC(NC(=O)NC(Cc1cccc(O)c1)C(=O)O)C(=O)NC(C(=O)N/C=C1\CC(O)C(n2ccc(=O)[nH]c2=O)O1)C(C)N(C)C(=O)C1Cc2cc(O)ccc2C(C)N1. The summed E-state index contributed by atoms with van der Waals surface area (Å²) in [5.41, 5.74) is 0.611. The number of aliphatic hydroxyl groups is 1. The number of benzene rings is 2. The molecule has 328 valence electrons. The number of urea groups is 1. The molecule has 5 rings (SSSR count). The summed E-state index contributed by atoms with van der Waals surface area (Å²) >= 11 is 1.37. The first kappa shape index (κ1) is 45.8. The van der Waals surface area contributed by atoms with E-state index in [-0.39, 0.29) is 49.0 Å². The molecule has 5 amide bonds. The number of carboxylic acids is 1. The number of aliphatic hydroxyl groups excluding tert-OH is 1. The van der Waals surface area contributed by atoms with Gasteiger partial charge in [-0.15, -0.1) is 0 Å². The average molecular weight is 867 g/mol. The highest BCUT2D eigenvalue weighted by atomic mass is 32.2. The minimum absolute atomic E-state index is 0.0402. The van der Waals surface area contributed by atoms with E-state index in [2.05, 4.69) is 31.6 Å². The predicted octanol–water partition coefficient (Wildman–Crippen LogP) is -0.0908. The number of carbonyl (C=O) groups is 5. The number of hydrogen-bond donors (Lipinski definition) is 10. The molecular weight excluding hydrogens is 817 g/mol. The lowest BCUT2D eigenvalue weighted by Crippen LogP contribution is -2.62. The van der Waals surface area contributed by atoms with Gasteiger partial charge in [-0.2, -0.15) is 11.8 Å². The maximum absolute atomic E-state index is 14.1. The van der Waals surface area contributed by atoms with Gasteiger partial charge in [0.25, 0.3) is 5.56 Å². The van der Waals surface area contributed by atoms with E-state index in [1.807, 2.05) is 6.92 Å². The maximum atomic E-state index is 14.1. The molecule has 3 heterocycles. The quantitative estimate of drug-likeness (QED) is 0.0901. The second kappa shape index (κ2) is 20.3. The number of aromatic amines is 1.